The van der Waals surface area contributed by atoms with Crippen LogP contribution in [0.25, 0.3) is 17.1 Å². The molecule has 3 heterocycles. The number of rotatable bonds is 5. The number of fused-ring (bicyclic) bond motifs is 3. The second-order valence-corrected chi connectivity index (χ2v) is 8.96. The lowest BCUT2D eigenvalue weighted by Crippen LogP contribution is -2.20. The summed E-state index contributed by atoms with van der Waals surface area (Å²) < 4.78 is 30.4. The molecule has 0 bridgehead atoms. The fourth-order valence-corrected chi connectivity index (χ4v) is 4.96. The molecule has 3 aliphatic rings. The van der Waals surface area contributed by atoms with E-state index in [9.17, 15) is 18.4 Å². The van der Waals surface area contributed by atoms with Gasteiger partial charge in [0.05, 0.1) is 17.1 Å². The van der Waals surface area contributed by atoms with Gasteiger partial charge in [-0.05, 0) is 43.5 Å². The summed E-state index contributed by atoms with van der Waals surface area (Å²) in [5, 5.41) is 7.52. The van der Waals surface area contributed by atoms with Crippen LogP contribution in [0.5, 0.6) is 0 Å². The molecule has 0 aromatic heterocycles. The first-order valence-electron chi connectivity index (χ1n) is 11.0. The highest BCUT2D eigenvalue weighted by Crippen LogP contribution is 2.30. The molecule has 3 aliphatic heterocycles. The molecule has 1 N–H and O–H groups in total. The summed E-state index contributed by atoms with van der Waals surface area (Å²) in [6, 6.07) is 12.2. The number of hydrogen-bond donors (Lipinski definition) is 1. The number of para-hydroxylation sites is 1. The van der Waals surface area contributed by atoms with Crippen molar-refractivity contribution in [2.24, 2.45) is 0 Å². The van der Waals surface area contributed by atoms with Gasteiger partial charge in [-0.3, -0.25) is 9.59 Å². The molecule has 34 heavy (non-hydrogen) atoms. The lowest BCUT2D eigenvalue weighted by Gasteiger charge is -2.17. The first-order valence-corrected chi connectivity index (χ1v) is 12.0. The fraction of sp³-hybridized carbons (Fsp3) is 0.250. The normalized spacial score (nSPS) is 13.5. The van der Waals surface area contributed by atoms with Crippen molar-refractivity contribution in [2.75, 3.05) is 11.1 Å². The Labute approximate surface area is 198 Å². The van der Waals surface area contributed by atoms with Gasteiger partial charge in [-0.2, -0.15) is 4.68 Å². The third kappa shape index (κ3) is 4.33. The number of benzene rings is 2. The topological polar surface area (TPSA) is 81.8 Å². The number of aromatic nitrogens is 4. The number of nitrogens with one attached hydrogen (secondary N) is 1. The average Bonchev–Trinajstić information content (AvgIpc) is 2.99. The van der Waals surface area contributed by atoms with Crippen molar-refractivity contribution in [1.82, 2.24) is 19.3 Å². The molecule has 0 saturated heterocycles. The molecule has 2 aromatic carbocycles. The summed E-state index contributed by atoms with van der Waals surface area (Å²) in [7, 11) is 0. The number of carbonyl (C=O) groups is 1. The first kappa shape index (κ1) is 22.3. The van der Waals surface area contributed by atoms with Crippen molar-refractivity contribution >= 4 is 23.4 Å². The van der Waals surface area contributed by atoms with E-state index >= 15 is 0 Å². The molecule has 0 atom stereocenters. The van der Waals surface area contributed by atoms with Crippen LogP contribution in [0.2, 0.25) is 0 Å². The SMILES string of the molecule is O=C(CSc1nc2nn(-c3ccccc3)c(=O)c-2c2n1CCCCC2)Nc1ccc(F)cc1F. The summed E-state index contributed by atoms with van der Waals surface area (Å²) in [6.45, 7) is 0.685. The summed E-state index contributed by atoms with van der Waals surface area (Å²) in [6.07, 6.45) is 3.63. The van der Waals surface area contributed by atoms with E-state index < -0.39 is 17.5 Å². The minimum Gasteiger partial charge on any atom is -0.324 e. The van der Waals surface area contributed by atoms with Crippen molar-refractivity contribution in [1.29, 1.82) is 0 Å². The molecule has 0 aliphatic carbocycles. The highest BCUT2D eigenvalue weighted by molar-refractivity contribution is 7.99. The number of hydrogen-bond acceptors (Lipinski definition) is 5. The zero-order valence-corrected chi connectivity index (χ0v) is 18.9. The molecule has 174 valence electrons. The van der Waals surface area contributed by atoms with E-state index in [1.165, 1.54) is 22.5 Å². The van der Waals surface area contributed by atoms with Gasteiger partial charge < -0.3 is 9.88 Å². The Balaban J connectivity index is 1.47. The van der Waals surface area contributed by atoms with Crippen LogP contribution in [0.15, 0.2) is 58.5 Å². The maximum Gasteiger partial charge on any atom is 0.284 e. The van der Waals surface area contributed by atoms with E-state index in [4.69, 9.17) is 0 Å². The third-order valence-corrected chi connectivity index (χ3v) is 6.68. The zero-order valence-electron chi connectivity index (χ0n) is 18.1. The molecule has 10 heteroatoms. The van der Waals surface area contributed by atoms with Gasteiger partial charge in [-0.25, -0.2) is 13.8 Å². The minimum absolute atomic E-state index is 0.0294. The Hall–Kier alpha value is -3.53. The van der Waals surface area contributed by atoms with Crippen molar-refractivity contribution in [3.63, 3.8) is 0 Å². The summed E-state index contributed by atoms with van der Waals surface area (Å²) in [4.78, 5) is 30.4. The van der Waals surface area contributed by atoms with E-state index in [1.54, 1.807) is 0 Å². The van der Waals surface area contributed by atoms with Gasteiger partial charge in [0.15, 0.2) is 11.0 Å². The van der Waals surface area contributed by atoms with Gasteiger partial charge in [-0.15, -0.1) is 5.10 Å². The molecule has 7 nitrogen and oxygen atoms in total. The number of anilines is 1. The molecule has 1 amide bonds. The second kappa shape index (κ2) is 9.38. The predicted molar refractivity (Wildman–Crippen MR) is 126 cm³/mol. The Bertz CT molecular complexity index is 1390. The summed E-state index contributed by atoms with van der Waals surface area (Å²) in [5.41, 5.74) is 1.75. The standard InChI is InChI=1S/C24H21F2N5O2S/c25-15-10-11-18(17(26)13-15)27-20(32)14-34-24-28-22-21(19-9-5-2-6-12-30(19)24)23(33)31(29-22)16-7-3-1-4-8-16/h1,3-4,7-8,10-11,13H,2,5-6,9,12,14H2,(H,27,32). The van der Waals surface area contributed by atoms with Gasteiger partial charge in [0, 0.05) is 18.3 Å². The second-order valence-electron chi connectivity index (χ2n) is 8.02. The van der Waals surface area contributed by atoms with Crippen molar-refractivity contribution < 1.29 is 13.6 Å². The molecular weight excluding hydrogens is 460 g/mol. The highest BCUT2D eigenvalue weighted by atomic mass is 32.2. The largest absolute Gasteiger partial charge is 0.324 e. The molecule has 5 rings (SSSR count). The van der Waals surface area contributed by atoms with Gasteiger partial charge in [0.1, 0.15) is 17.2 Å². The van der Waals surface area contributed by atoms with Crippen LogP contribution in [0, 0.1) is 11.6 Å². The third-order valence-electron chi connectivity index (χ3n) is 5.71. The Kier molecular flexibility index (Phi) is 6.14. The van der Waals surface area contributed by atoms with Gasteiger partial charge in [0.25, 0.3) is 5.56 Å². The quantitative estimate of drug-likeness (QED) is 0.340. The maximum absolute atomic E-state index is 13.9. The predicted octanol–water partition coefficient (Wildman–Crippen LogP) is 4.27. The van der Waals surface area contributed by atoms with Gasteiger partial charge in [-0.1, -0.05) is 36.4 Å². The average molecular weight is 482 g/mol. The Morgan fingerprint density at radius 1 is 1.09 bits per heavy atom. The zero-order chi connectivity index (χ0) is 23.7. The molecule has 0 fully saturated rings. The number of halogens is 2. The van der Waals surface area contributed by atoms with Crippen LogP contribution in [0.1, 0.15) is 25.0 Å². The molecule has 0 radical (unpaired) electrons. The van der Waals surface area contributed by atoms with Gasteiger partial charge >= 0.3 is 0 Å². The van der Waals surface area contributed by atoms with Crippen molar-refractivity contribution in [2.45, 2.75) is 37.4 Å². The summed E-state index contributed by atoms with van der Waals surface area (Å²) >= 11 is 1.20. The van der Waals surface area contributed by atoms with Crippen LogP contribution < -0.4 is 10.9 Å². The lowest BCUT2D eigenvalue weighted by molar-refractivity contribution is -0.113. The smallest absolute Gasteiger partial charge is 0.284 e. The minimum atomic E-state index is -0.837. The van der Waals surface area contributed by atoms with Crippen LogP contribution in [0.3, 0.4) is 0 Å². The number of amides is 1. The maximum atomic E-state index is 13.9. The van der Waals surface area contributed by atoms with E-state index in [1.807, 2.05) is 34.9 Å². The molecule has 0 saturated carbocycles. The molecular formula is C24H21F2N5O2S. The molecule has 0 spiro atoms. The van der Waals surface area contributed by atoms with E-state index in [-0.39, 0.29) is 17.0 Å². The lowest BCUT2D eigenvalue weighted by atomic mass is 10.1. The summed E-state index contributed by atoms with van der Waals surface area (Å²) in [5.74, 6) is -1.68. The molecule has 2 aromatic rings. The van der Waals surface area contributed by atoms with Crippen LogP contribution in [-0.4, -0.2) is 31.0 Å². The highest BCUT2D eigenvalue weighted by Gasteiger charge is 2.27. The monoisotopic (exact) mass is 481 g/mol. The number of carbonyl (C=O) groups excluding carboxylic acids is 1. The molecule has 0 unspecified atom stereocenters. The fourth-order valence-electron chi connectivity index (χ4n) is 4.12. The van der Waals surface area contributed by atoms with Crippen LogP contribution in [-0.2, 0) is 17.8 Å². The van der Waals surface area contributed by atoms with E-state index in [2.05, 4.69) is 15.4 Å². The van der Waals surface area contributed by atoms with E-state index in [0.717, 1.165) is 43.5 Å². The van der Waals surface area contributed by atoms with Gasteiger partial charge in [0.2, 0.25) is 5.91 Å². The first-order chi connectivity index (χ1) is 16.5. The Morgan fingerprint density at radius 3 is 2.71 bits per heavy atom. The van der Waals surface area contributed by atoms with Crippen LogP contribution in [0.4, 0.5) is 14.5 Å². The van der Waals surface area contributed by atoms with Crippen molar-refractivity contribution in [3.05, 3.63) is 76.2 Å². The van der Waals surface area contributed by atoms with Crippen LogP contribution >= 0.6 is 11.8 Å². The van der Waals surface area contributed by atoms with E-state index in [0.29, 0.717) is 28.8 Å². The number of nitrogens with zero attached hydrogens (tertiary/aromatic N) is 4. The van der Waals surface area contributed by atoms with Crippen molar-refractivity contribution in [3.8, 4) is 17.1 Å². The number of thioether (sulfide) groups is 1. The Morgan fingerprint density at radius 2 is 1.91 bits per heavy atom.